The molecule has 0 radical (unpaired) electrons. The maximum Gasteiger partial charge on any atom is 0.327 e. The summed E-state index contributed by atoms with van der Waals surface area (Å²) in [5.41, 5.74) is 19.4. The van der Waals surface area contributed by atoms with Crippen LogP contribution in [0.15, 0.2) is 90.1 Å². The monoisotopic (exact) mass is 947 g/mol. The first-order valence-corrected chi connectivity index (χ1v) is 22.2. The third-order valence-corrected chi connectivity index (χ3v) is 11.1. The van der Waals surface area contributed by atoms with Gasteiger partial charge in [0.05, 0.1) is 6.04 Å². The smallest absolute Gasteiger partial charge is 0.327 e. The highest BCUT2D eigenvalue weighted by Crippen LogP contribution is 2.20. The van der Waals surface area contributed by atoms with Crippen LogP contribution < -0.4 is 49.1 Å². The summed E-state index contributed by atoms with van der Waals surface area (Å²) >= 11 is 8.08. The Morgan fingerprint density at radius 2 is 1.15 bits per heavy atom. The number of aliphatic carboxylic acids is 1. The molecule has 4 aromatic rings. The first-order valence-electron chi connectivity index (χ1n) is 20.9. The minimum absolute atomic E-state index is 0.0141. The molecular weight excluding hydrogens is 891 g/mol. The Morgan fingerprint density at radius 1 is 0.636 bits per heavy atom. The van der Waals surface area contributed by atoms with Crippen LogP contribution in [0.1, 0.15) is 36.5 Å². The topological polar surface area (TPSA) is 338 Å². The van der Waals surface area contributed by atoms with Crippen LogP contribution in [-0.2, 0) is 52.8 Å². The molecule has 15 N–H and O–H groups in total. The molecule has 20 nitrogen and oxygen atoms in total. The average molecular weight is 948 g/mol. The number of phenolic OH excluding ortho intramolecular Hbond substituents is 1. The molecule has 66 heavy (non-hydrogen) atoms. The molecule has 0 unspecified atom stereocenters. The Hall–Kier alpha value is -6.78. The highest BCUT2D eigenvalue weighted by Gasteiger charge is 2.34. The van der Waals surface area contributed by atoms with Gasteiger partial charge in [-0.15, -0.1) is 0 Å². The van der Waals surface area contributed by atoms with Crippen molar-refractivity contribution in [2.24, 2.45) is 22.2 Å². The minimum Gasteiger partial charge on any atom is -0.508 e. The normalized spacial score (nSPS) is 14.2. The lowest BCUT2D eigenvalue weighted by Gasteiger charge is -2.27. The second kappa shape index (κ2) is 25.6. The number of aromatic hydroxyl groups is 1. The van der Waals surface area contributed by atoms with E-state index in [1.54, 1.807) is 54.7 Å². The molecular formula is C44H57N11O9S2. The van der Waals surface area contributed by atoms with Crippen molar-refractivity contribution in [1.29, 1.82) is 0 Å². The highest BCUT2D eigenvalue weighted by atomic mass is 32.1. The van der Waals surface area contributed by atoms with Crippen molar-refractivity contribution in [3.63, 3.8) is 0 Å². The summed E-state index contributed by atoms with van der Waals surface area (Å²) in [6.07, 6.45) is 1.50. The molecule has 0 saturated carbocycles. The summed E-state index contributed by atoms with van der Waals surface area (Å²) in [6.45, 7) is 1.46. The number of guanidine groups is 1. The number of H-pyrrole nitrogens is 1. The number of benzene rings is 3. The van der Waals surface area contributed by atoms with Crippen molar-refractivity contribution in [3.05, 3.63) is 102 Å². The molecule has 0 spiro atoms. The summed E-state index contributed by atoms with van der Waals surface area (Å²) in [5.74, 6) is -6.46. The van der Waals surface area contributed by atoms with E-state index in [4.69, 9.17) is 17.2 Å². The number of carboxylic acid groups (broad SMARTS) is 1. The molecule has 22 heteroatoms. The van der Waals surface area contributed by atoms with Gasteiger partial charge in [-0.2, -0.15) is 25.3 Å². The first-order chi connectivity index (χ1) is 31.5. The molecule has 1 heterocycles. The Labute approximate surface area is 391 Å². The number of amides is 6. The van der Waals surface area contributed by atoms with Gasteiger partial charge in [-0.05, 0) is 54.7 Å². The average Bonchev–Trinajstić information content (AvgIpc) is 3.71. The van der Waals surface area contributed by atoms with E-state index in [2.05, 4.69) is 67.1 Å². The van der Waals surface area contributed by atoms with E-state index < -0.39 is 83.7 Å². The Morgan fingerprint density at radius 3 is 1.73 bits per heavy atom. The molecule has 3 aromatic carbocycles. The third kappa shape index (κ3) is 16.0. The number of rotatable bonds is 25. The van der Waals surface area contributed by atoms with Crippen LogP contribution in [-0.4, -0.2) is 123 Å². The predicted molar refractivity (Wildman–Crippen MR) is 254 cm³/mol. The number of thiol groups is 2. The molecule has 7 atom stereocenters. The number of nitrogens with one attached hydrogen (secondary N) is 7. The molecule has 0 aliphatic rings. The molecule has 0 fully saturated rings. The van der Waals surface area contributed by atoms with Gasteiger partial charge in [0.15, 0.2) is 5.96 Å². The van der Waals surface area contributed by atoms with E-state index in [-0.39, 0.29) is 61.9 Å². The summed E-state index contributed by atoms with van der Waals surface area (Å²) in [6, 6.07) is 12.9. The van der Waals surface area contributed by atoms with Crippen LogP contribution in [0.2, 0.25) is 0 Å². The summed E-state index contributed by atoms with van der Waals surface area (Å²) in [7, 11) is 0. The number of carboxylic acids is 1. The molecule has 354 valence electrons. The fraction of sp³-hybridized carbons (Fsp3) is 0.364. The van der Waals surface area contributed by atoms with Crippen molar-refractivity contribution in [2.45, 2.75) is 81.3 Å². The van der Waals surface area contributed by atoms with Crippen molar-refractivity contribution in [2.75, 3.05) is 18.1 Å². The number of carbonyl (C=O) groups is 7. The Balaban J connectivity index is 1.66. The molecule has 6 amide bonds. The van der Waals surface area contributed by atoms with Gasteiger partial charge in [0.25, 0.3) is 0 Å². The Kier molecular flexibility index (Phi) is 20.1. The zero-order chi connectivity index (χ0) is 48.3. The van der Waals surface area contributed by atoms with Crippen molar-refractivity contribution in [1.82, 2.24) is 36.9 Å². The van der Waals surface area contributed by atoms with Gasteiger partial charge in [0, 0.05) is 54.4 Å². The SMILES string of the molecule is C[C@@H](NC(=O)[C@@H](N)CS)C(=O)N[C@@H](Cc1ccc(O)cc1)C(=O)N[C@H](Cc1ccccc1)C(=O)N[C@@H](CCCN=C(N)N)C(=O)N[C@@H](Cc1c[nH]c2ccccc12)C(=O)N[C@@H](CS)C(=O)O. The number of para-hydroxylation sites is 1. The van der Waals surface area contributed by atoms with Crippen LogP contribution in [0.3, 0.4) is 0 Å². The number of hydrogen-bond donors (Lipinski definition) is 14. The molecule has 0 aliphatic heterocycles. The number of fused-ring (bicyclic) bond motifs is 1. The number of carbonyl (C=O) groups excluding carboxylic acids is 6. The van der Waals surface area contributed by atoms with E-state index >= 15 is 0 Å². The van der Waals surface area contributed by atoms with Gasteiger partial charge in [0.2, 0.25) is 35.4 Å². The number of aliphatic imine (C=N–C) groups is 1. The van der Waals surface area contributed by atoms with Crippen LogP contribution in [0.4, 0.5) is 0 Å². The number of aromatic amines is 1. The van der Waals surface area contributed by atoms with E-state index in [0.29, 0.717) is 16.7 Å². The maximum atomic E-state index is 14.5. The van der Waals surface area contributed by atoms with E-state index in [9.17, 15) is 43.8 Å². The number of aromatic nitrogens is 1. The second-order valence-electron chi connectivity index (χ2n) is 15.4. The van der Waals surface area contributed by atoms with E-state index in [1.165, 1.54) is 19.1 Å². The third-order valence-electron chi connectivity index (χ3n) is 10.3. The lowest BCUT2D eigenvalue weighted by Crippen LogP contribution is -2.60. The number of nitrogens with zero attached hydrogens (tertiary/aromatic N) is 1. The fourth-order valence-electron chi connectivity index (χ4n) is 6.68. The summed E-state index contributed by atoms with van der Waals surface area (Å²) in [4.78, 5) is 102. The van der Waals surface area contributed by atoms with Gasteiger partial charge in [-0.1, -0.05) is 60.7 Å². The van der Waals surface area contributed by atoms with Crippen LogP contribution in [0.25, 0.3) is 10.9 Å². The molecule has 4 rings (SSSR count). The van der Waals surface area contributed by atoms with E-state index in [1.807, 2.05) is 18.2 Å². The van der Waals surface area contributed by atoms with Crippen LogP contribution in [0.5, 0.6) is 5.75 Å². The van der Waals surface area contributed by atoms with E-state index in [0.717, 1.165) is 10.9 Å². The highest BCUT2D eigenvalue weighted by molar-refractivity contribution is 7.80. The molecule has 0 bridgehead atoms. The van der Waals surface area contributed by atoms with Gasteiger partial charge in [-0.25, -0.2) is 4.79 Å². The van der Waals surface area contributed by atoms with Gasteiger partial charge < -0.3 is 64.3 Å². The largest absolute Gasteiger partial charge is 0.508 e. The molecule has 0 aliphatic carbocycles. The second-order valence-corrected chi connectivity index (χ2v) is 16.1. The number of nitrogens with two attached hydrogens (primary N) is 3. The lowest BCUT2D eigenvalue weighted by molar-refractivity contribution is -0.141. The number of phenols is 1. The summed E-state index contributed by atoms with van der Waals surface area (Å²) in [5, 5.41) is 36.0. The molecule has 1 aromatic heterocycles. The quantitative estimate of drug-likeness (QED) is 0.0167. The fourth-order valence-corrected chi connectivity index (χ4v) is 7.09. The van der Waals surface area contributed by atoms with Gasteiger partial charge in [-0.3, -0.25) is 33.8 Å². The number of hydrogen-bond acceptors (Lipinski definition) is 12. The van der Waals surface area contributed by atoms with Crippen molar-refractivity contribution in [3.8, 4) is 5.75 Å². The standard InChI is InChI=1S/C44H57N11O9S2/c1-24(50-38(58)30(45)22-65)37(57)52-33(19-26-13-15-28(56)16-14-26)41(61)53-34(18-25-8-3-2-4-9-25)40(60)51-32(12-7-17-48-44(46)47)39(59)54-35(42(62)55-36(23-66)43(63)64)20-27-21-49-31-11-6-5-10-29(27)31/h2-6,8-11,13-16,21,24,30,32-36,49,56,65-66H,7,12,17-20,22-23,45H2,1H3,(H,50,58)(H,51,60)(H,52,57)(H,53,61)(H,54,59)(H,55,62)(H,63,64)(H4,46,47,48)/t24-,30+,32+,33+,34-,35+,36+/m1/s1. The van der Waals surface area contributed by atoms with Gasteiger partial charge >= 0.3 is 5.97 Å². The first kappa shape index (κ1) is 51.9. The van der Waals surface area contributed by atoms with Crippen LogP contribution >= 0.6 is 25.3 Å². The Bertz CT molecular complexity index is 2330. The maximum absolute atomic E-state index is 14.5. The predicted octanol–water partition coefficient (Wildman–Crippen LogP) is -0.845. The lowest BCUT2D eigenvalue weighted by atomic mass is 10.0. The van der Waals surface area contributed by atoms with Crippen molar-refractivity contribution < 1.29 is 43.8 Å². The van der Waals surface area contributed by atoms with Crippen LogP contribution in [0, 0.1) is 0 Å². The zero-order valence-corrected chi connectivity index (χ0v) is 37.9. The summed E-state index contributed by atoms with van der Waals surface area (Å²) < 4.78 is 0. The van der Waals surface area contributed by atoms with Gasteiger partial charge in [0.1, 0.15) is 42.0 Å². The zero-order valence-electron chi connectivity index (χ0n) is 36.1. The minimum atomic E-state index is -1.39. The van der Waals surface area contributed by atoms with Crippen molar-refractivity contribution >= 4 is 83.5 Å². The molecule has 0 saturated heterocycles.